The van der Waals surface area contributed by atoms with Crippen molar-refractivity contribution in [1.29, 1.82) is 0 Å². The van der Waals surface area contributed by atoms with E-state index in [0.717, 1.165) is 36.4 Å². The number of rotatable bonds is 9. The molecule has 0 atom stereocenters. The number of nitrogens with one attached hydrogen (secondary N) is 1. The van der Waals surface area contributed by atoms with Crippen LogP contribution >= 0.6 is 0 Å². The van der Waals surface area contributed by atoms with Crippen molar-refractivity contribution >= 4 is 11.6 Å². The third-order valence-electron chi connectivity index (χ3n) is 3.47. The van der Waals surface area contributed by atoms with Crippen molar-refractivity contribution in [2.24, 2.45) is 0 Å². The van der Waals surface area contributed by atoms with Gasteiger partial charge in [0.1, 0.15) is 11.5 Å². The Morgan fingerprint density at radius 1 is 0.833 bits per heavy atom. The first-order valence-corrected chi connectivity index (χ1v) is 8.50. The van der Waals surface area contributed by atoms with E-state index in [1.54, 1.807) is 12.1 Å². The van der Waals surface area contributed by atoms with Crippen LogP contribution in [0, 0.1) is 0 Å². The van der Waals surface area contributed by atoms with Crippen LogP contribution in [0.1, 0.15) is 43.5 Å². The third kappa shape index (κ3) is 5.61. The van der Waals surface area contributed by atoms with Crippen LogP contribution in [0.5, 0.6) is 11.5 Å². The molecule has 1 amide bonds. The van der Waals surface area contributed by atoms with Gasteiger partial charge < -0.3 is 14.8 Å². The maximum atomic E-state index is 12.3. The van der Waals surface area contributed by atoms with E-state index in [4.69, 9.17) is 9.47 Å². The van der Waals surface area contributed by atoms with Gasteiger partial charge in [0.25, 0.3) is 5.91 Å². The van der Waals surface area contributed by atoms with Crippen LogP contribution < -0.4 is 14.8 Å². The van der Waals surface area contributed by atoms with Gasteiger partial charge >= 0.3 is 0 Å². The van der Waals surface area contributed by atoms with E-state index < -0.39 is 0 Å². The highest BCUT2D eigenvalue weighted by Gasteiger charge is 2.06. The van der Waals surface area contributed by atoms with Gasteiger partial charge in [-0.15, -0.1) is 0 Å². The molecule has 2 aromatic rings. The van der Waals surface area contributed by atoms with Crippen LogP contribution in [0.15, 0.2) is 48.5 Å². The third-order valence-corrected chi connectivity index (χ3v) is 3.47. The van der Waals surface area contributed by atoms with Crippen LogP contribution in [0.2, 0.25) is 0 Å². The zero-order valence-electron chi connectivity index (χ0n) is 14.4. The number of amides is 1. The normalized spacial score (nSPS) is 10.2. The molecular formula is C20H25NO3. The average molecular weight is 327 g/mol. The Morgan fingerprint density at radius 2 is 1.42 bits per heavy atom. The van der Waals surface area contributed by atoms with E-state index >= 15 is 0 Å². The highest BCUT2D eigenvalue weighted by atomic mass is 16.5. The van der Waals surface area contributed by atoms with Crippen LogP contribution in [0.4, 0.5) is 5.69 Å². The molecule has 2 rings (SSSR count). The minimum absolute atomic E-state index is 0.142. The number of carbonyl (C=O) groups excluding carboxylic acids is 1. The van der Waals surface area contributed by atoms with Crippen molar-refractivity contribution in [3.05, 3.63) is 54.1 Å². The molecule has 0 unspecified atom stereocenters. The molecule has 0 heterocycles. The molecule has 0 fully saturated rings. The van der Waals surface area contributed by atoms with Crippen LogP contribution in [0.3, 0.4) is 0 Å². The molecule has 0 radical (unpaired) electrons. The maximum Gasteiger partial charge on any atom is 0.255 e. The van der Waals surface area contributed by atoms with Crippen molar-refractivity contribution in [1.82, 2.24) is 0 Å². The highest BCUT2D eigenvalue weighted by Crippen LogP contribution is 2.18. The Labute approximate surface area is 143 Å². The first-order chi connectivity index (χ1) is 11.7. The van der Waals surface area contributed by atoms with E-state index in [2.05, 4.69) is 19.2 Å². The lowest BCUT2D eigenvalue weighted by atomic mass is 10.2. The van der Waals surface area contributed by atoms with Crippen molar-refractivity contribution in [3.8, 4) is 11.5 Å². The Hall–Kier alpha value is -2.49. The van der Waals surface area contributed by atoms with Crippen molar-refractivity contribution < 1.29 is 14.3 Å². The standard InChI is InChI=1S/C20H25NO3/c1-3-5-15-24-19-12-8-17(9-13-19)21-20(22)16-6-10-18(11-7-16)23-14-4-2/h6-13H,3-5,14-15H2,1-2H3,(H,21,22). The molecule has 0 spiro atoms. The Balaban J connectivity index is 1.89. The summed E-state index contributed by atoms with van der Waals surface area (Å²) < 4.78 is 11.1. The fourth-order valence-corrected chi connectivity index (χ4v) is 2.09. The summed E-state index contributed by atoms with van der Waals surface area (Å²) in [6.45, 7) is 5.58. The fraction of sp³-hybridized carbons (Fsp3) is 0.350. The molecular weight excluding hydrogens is 302 g/mol. The van der Waals surface area contributed by atoms with Gasteiger partial charge in [-0.2, -0.15) is 0 Å². The van der Waals surface area contributed by atoms with Gasteiger partial charge in [-0.3, -0.25) is 4.79 Å². The lowest BCUT2D eigenvalue weighted by Gasteiger charge is -2.09. The first-order valence-electron chi connectivity index (χ1n) is 8.50. The van der Waals surface area contributed by atoms with Crippen molar-refractivity contribution in [2.45, 2.75) is 33.1 Å². The highest BCUT2D eigenvalue weighted by molar-refractivity contribution is 6.04. The SMILES string of the molecule is CCCCOc1ccc(NC(=O)c2ccc(OCCC)cc2)cc1. The lowest BCUT2D eigenvalue weighted by Crippen LogP contribution is -2.11. The molecule has 0 aliphatic rings. The topological polar surface area (TPSA) is 47.6 Å². The summed E-state index contributed by atoms with van der Waals surface area (Å²) in [6, 6.07) is 14.6. The minimum Gasteiger partial charge on any atom is -0.494 e. The Bertz CT molecular complexity index is 620. The molecule has 0 saturated heterocycles. The van der Waals surface area contributed by atoms with Gasteiger partial charge in [-0.1, -0.05) is 20.3 Å². The predicted octanol–water partition coefficient (Wildman–Crippen LogP) is 4.91. The number of hydrogen-bond acceptors (Lipinski definition) is 3. The number of benzene rings is 2. The van der Waals surface area contributed by atoms with Crippen LogP contribution in [-0.4, -0.2) is 19.1 Å². The summed E-state index contributed by atoms with van der Waals surface area (Å²) >= 11 is 0. The number of ether oxygens (including phenoxy) is 2. The molecule has 0 aromatic heterocycles. The zero-order chi connectivity index (χ0) is 17.2. The number of hydrogen-bond donors (Lipinski definition) is 1. The van der Waals surface area contributed by atoms with Gasteiger partial charge in [0.05, 0.1) is 13.2 Å². The molecule has 24 heavy (non-hydrogen) atoms. The van der Waals surface area contributed by atoms with Gasteiger partial charge in [0.2, 0.25) is 0 Å². The van der Waals surface area contributed by atoms with E-state index in [0.29, 0.717) is 18.8 Å². The lowest BCUT2D eigenvalue weighted by molar-refractivity contribution is 0.102. The molecule has 0 saturated carbocycles. The summed E-state index contributed by atoms with van der Waals surface area (Å²) in [6.07, 6.45) is 3.10. The second-order valence-corrected chi connectivity index (χ2v) is 5.55. The van der Waals surface area contributed by atoms with Gasteiger partial charge in [-0.25, -0.2) is 0 Å². The van der Waals surface area contributed by atoms with E-state index in [1.807, 2.05) is 36.4 Å². The molecule has 4 nitrogen and oxygen atoms in total. The largest absolute Gasteiger partial charge is 0.494 e. The zero-order valence-corrected chi connectivity index (χ0v) is 14.4. The first kappa shape index (κ1) is 17.9. The summed E-state index contributed by atoms with van der Waals surface area (Å²) in [5.74, 6) is 1.46. The second-order valence-electron chi connectivity index (χ2n) is 5.55. The number of anilines is 1. The summed E-state index contributed by atoms with van der Waals surface area (Å²) in [5.41, 5.74) is 1.34. The van der Waals surface area contributed by atoms with Gasteiger partial charge in [0.15, 0.2) is 0 Å². The smallest absolute Gasteiger partial charge is 0.255 e. The number of carbonyl (C=O) groups is 1. The predicted molar refractivity (Wildman–Crippen MR) is 97.0 cm³/mol. The summed E-state index contributed by atoms with van der Waals surface area (Å²) in [7, 11) is 0. The molecule has 128 valence electrons. The Morgan fingerprint density at radius 3 is 2.00 bits per heavy atom. The molecule has 0 aliphatic carbocycles. The Kier molecular flexibility index (Phi) is 7.15. The molecule has 2 aromatic carbocycles. The van der Waals surface area contributed by atoms with Crippen LogP contribution in [-0.2, 0) is 0 Å². The second kappa shape index (κ2) is 9.60. The molecule has 0 bridgehead atoms. The van der Waals surface area contributed by atoms with E-state index in [9.17, 15) is 4.79 Å². The van der Waals surface area contributed by atoms with E-state index in [1.165, 1.54) is 0 Å². The van der Waals surface area contributed by atoms with Crippen molar-refractivity contribution in [2.75, 3.05) is 18.5 Å². The monoisotopic (exact) mass is 327 g/mol. The molecule has 4 heteroatoms. The minimum atomic E-state index is -0.142. The average Bonchev–Trinajstić information content (AvgIpc) is 2.62. The van der Waals surface area contributed by atoms with Gasteiger partial charge in [0, 0.05) is 11.3 Å². The fourth-order valence-electron chi connectivity index (χ4n) is 2.09. The summed E-state index contributed by atoms with van der Waals surface area (Å²) in [5, 5.41) is 2.88. The number of unbranched alkanes of at least 4 members (excludes halogenated alkanes) is 1. The van der Waals surface area contributed by atoms with Gasteiger partial charge in [-0.05, 0) is 61.4 Å². The summed E-state index contributed by atoms with van der Waals surface area (Å²) in [4.78, 5) is 12.3. The molecule has 0 aliphatic heterocycles. The molecule has 1 N–H and O–H groups in total. The quantitative estimate of drug-likeness (QED) is 0.666. The van der Waals surface area contributed by atoms with Crippen LogP contribution in [0.25, 0.3) is 0 Å². The van der Waals surface area contributed by atoms with E-state index in [-0.39, 0.29) is 5.91 Å². The maximum absolute atomic E-state index is 12.3. The van der Waals surface area contributed by atoms with Crippen molar-refractivity contribution in [3.63, 3.8) is 0 Å².